The van der Waals surface area contributed by atoms with Crippen molar-refractivity contribution in [3.8, 4) is 0 Å². The van der Waals surface area contributed by atoms with Gasteiger partial charge in [0.05, 0.1) is 194 Å². The number of hydrogen-bond donors (Lipinski definition) is 13. The number of amides is 14. The first-order valence-corrected chi connectivity index (χ1v) is 48.4. The van der Waals surface area contributed by atoms with Crippen LogP contribution in [0.3, 0.4) is 0 Å². The summed E-state index contributed by atoms with van der Waals surface area (Å²) in [5.41, 5.74) is 0.669. The van der Waals surface area contributed by atoms with E-state index in [1.807, 2.05) is 81.3 Å². The molecule has 0 bridgehead atoms. The molecule has 0 radical (unpaired) electrons. The minimum absolute atomic E-state index is 0.0114. The van der Waals surface area contributed by atoms with Crippen molar-refractivity contribution in [3.05, 3.63) is 35.9 Å². The first-order valence-electron chi connectivity index (χ1n) is 48.4. The Bertz CT molecular complexity index is 3900. The van der Waals surface area contributed by atoms with Crippen LogP contribution in [0.2, 0.25) is 0 Å². The van der Waals surface area contributed by atoms with Gasteiger partial charge < -0.3 is 140 Å². The number of likely N-dealkylation sites (N-methyl/N-ethyl adjacent to an activating group) is 2. The van der Waals surface area contributed by atoms with Crippen LogP contribution in [0.5, 0.6) is 0 Å². The van der Waals surface area contributed by atoms with Crippen molar-refractivity contribution in [2.24, 2.45) is 35.0 Å². The lowest BCUT2D eigenvalue weighted by molar-refractivity contribution is -0.148. The van der Waals surface area contributed by atoms with E-state index in [0.29, 0.717) is 98.5 Å². The molecule has 1 aliphatic rings. The zero-order valence-corrected chi connectivity index (χ0v) is 85.8. The molecular weight excluding hydrogens is 1850 g/mol. The number of aliphatic carboxylic acids is 1. The molecule has 0 saturated carbocycles. The summed E-state index contributed by atoms with van der Waals surface area (Å²) in [4.78, 5) is 229. The number of nitrogens with zero attached hydrogens (tertiary/aromatic N) is 3. The van der Waals surface area contributed by atoms with Gasteiger partial charge in [0.2, 0.25) is 76.8 Å². The predicted octanol–water partition coefficient (Wildman–Crippen LogP) is -0.741. The smallest absolute Gasteiger partial charge is 0.407 e. The SMILES string of the molecule is CC[C@H](C)[C@@H]([C@@H](CC(=O)N1CCC[C@H]1[C@H](OC)[C@@H](C)C(=O)N[C@@H](Cc1ccccc1)C(=O)NCCCOC(=O)C(C)NC(=O)CCC(NC(=O)CCNC(=O)OCC(CC(=O)CNC(=O)CNC(=O)CNC(=O)CNC(=O)CCNC(=O)CCOCC(C)(C)C)C(=O)NCCOCCOCCOCCOCCOCCOCCOCCOC)C(=O)O)OC)N(C)C(=O)C(NC(=O)[C@H](C(C)C)N(C)C)C(C)C. The second-order valence-electron chi connectivity index (χ2n) is 36.2. The Morgan fingerprint density at radius 2 is 1.01 bits per heavy atom. The molecule has 0 spiro atoms. The quantitative estimate of drug-likeness (QED) is 0.0282. The van der Waals surface area contributed by atoms with E-state index < -0.39 is 208 Å². The summed E-state index contributed by atoms with van der Waals surface area (Å²) in [7, 11) is 9.86. The zero-order chi connectivity index (χ0) is 105. The van der Waals surface area contributed by atoms with Crippen molar-refractivity contribution >= 4 is 101 Å². The van der Waals surface area contributed by atoms with E-state index >= 15 is 0 Å². The van der Waals surface area contributed by atoms with Crippen LogP contribution in [0.1, 0.15) is 152 Å². The molecule has 2 rings (SSSR count). The van der Waals surface area contributed by atoms with E-state index in [4.69, 9.17) is 61.6 Å². The number of carbonyl (C=O) groups is 17. The first-order chi connectivity index (χ1) is 67.1. The van der Waals surface area contributed by atoms with Gasteiger partial charge >= 0.3 is 18.0 Å². The van der Waals surface area contributed by atoms with E-state index in [2.05, 4.69) is 63.8 Å². The summed E-state index contributed by atoms with van der Waals surface area (Å²) >= 11 is 0. The molecule has 12 atom stereocenters. The van der Waals surface area contributed by atoms with Crippen LogP contribution in [0.15, 0.2) is 30.3 Å². The van der Waals surface area contributed by atoms with Gasteiger partial charge in [-0.15, -0.1) is 0 Å². The number of likely N-dealkylation sites (tertiary alicyclic amines) is 1. The van der Waals surface area contributed by atoms with Crippen molar-refractivity contribution in [1.82, 2.24) is 78.5 Å². The lowest BCUT2D eigenvalue weighted by atomic mass is 9.89. The minimum Gasteiger partial charge on any atom is -0.480 e. The van der Waals surface area contributed by atoms with Gasteiger partial charge in [-0.1, -0.05) is 106 Å². The summed E-state index contributed by atoms with van der Waals surface area (Å²) in [5, 5.41) is 40.1. The van der Waals surface area contributed by atoms with E-state index in [0.717, 1.165) is 5.56 Å². The average molecular weight is 2010 g/mol. The molecule has 46 heteroatoms. The van der Waals surface area contributed by atoms with E-state index in [1.165, 1.54) is 21.1 Å². The molecule has 1 aliphatic heterocycles. The summed E-state index contributed by atoms with van der Waals surface area (Å²) < 4.78 is 71.5. The van der Waals surface area contributed by atoms with Crippen molar-refractivity contribution < 1.29 is 148 Å². The van der Waals surface area contributed by atoms with E-state index in [9.17, 15) is 86.6 Å². The van der Waals surface area contributed by atoms with Crippen molar-refractivity contribution in [2.75, 3.05) is 227 Å². The Morgan fingerprint density at radius 1 is 0.489 bits per heavy atom. The predicted molar refractivity (Wildman–Crippen MR) is 515 cm³/mol. The maximum Gasteiger partial charge on any atom is 0.407 e. The molecule has 1 saturated heterocycles. The number of benzene rings is 1. The first kappa shape index (κ1) is 127. The standard InChI is InChI=1S/C95H163N15O31/c1-18-65(6)85(109(14)91(124)83(63(2)3)107-90(123)84(64(4)5)108(12)13)74(130-16)56-82(119)110-36-22-26-73(110)86(131-17)66(7)87(120)106-72(54-68-24-20-19-21-25-68)89(122)97-32-23-37-140-93(127)67(8)104-77(114)28-27-71(92(125)126)105-78(115)30-34-99-94(128)141-61-69(88(121)98-35-39-132-42-43-134-46-47-136-50-51-138-53-52-137-49-48-135-45-44-133-41-40-129-15)55-70(111)57-100-79(116)59-102-81(118)60-103-80(117)58-101-75(112)29-33-96-76(113)31-38-139-62-95(9,10)11/h19-21,24-25,63-67,69,71-74,83-86H,18,22-23,26-62H2,1-17H3,(H,96,113)(H,97,122)(H,98,121)(H,99,128)(H,100,116)(H,101,112)(H,102,118)(H,103,117)(H,104,114)(H,105,115)(H,106,120)(H,107,123)(H,125,126)/t65-,66+,67?,69?,71?,72-,73-,74+,83?,84-,85-,86+/m0/s1. The maximum atomic E-state index is 14.6. The second-order valence-corrected chi connectivity index (χ2v) is 36.2. The Labute approximate surface area is 829 Å². The number of carboxylic acid groups (broad SMARTS) is 1. The third kappa shape index (κ3) is 56.4. The van der Waals surface area contributed by atoms with Gasteiger partial charge in [0.1, 0.15) is 30.8 Å². The van der Waals surface area contributed by atoms with Gasteiger partial charge in [0.25, 0.3) is 0 Å². The second kappa shape index (κ2) is 73.8. The molecule has 1 fully saturated rings. The third-order valence-electron chi connectivity index (χ3n) is 22.3. The molecule has 1 heterocycles. The number of rotatable bonds is 79. The fraction of sp³-hybridized carbons (Fsp3) is 0.758. The van der Waals surface area contributed by atoms with Gasteiger partial charge in [-0.25, -0.2) is 14.4 Å². The fourth-order valence-corrected chi connectivity index (χ4v) is 14.6. The van der Waals surface area contributed by atoms with E-state index in [-0.39, 0.29) is 145 Å². The van der Waals surface area contributed by atoms with Crippen molar-refractivity contribution in [2.45, 2.75) is 208 Å². The highest BCUT2D eigenvalue weighted by Crippen LogP contribution is 2.30. The lowest BCUT2D eigenvalue weighted by Gasteiger charge is -2.41. The van der Waals surface area contributed by atoms with E-state index in [1.54, 1.807) is 61.2 Å². The molecule has 1 aromatic carbocycles. The van der Waals surface area contributed by atoms with Crippen LogP contribution in [0.4, 0.5) is 4.79 Å². The minimum atomic E-state index is -1.62. The number of esters is 1. The number of carbonyl (C=O) groups excluding carboxylic acids is 16. The summed E-state index contributed by atoms with van der Waals surface area (Å²) in [6.07, 6.45) is -2.97. The Kier molecular flexibility index (Phi) is 66.3. The van der Waals surface area contributed by atoms with Crippen LogP contribution >= 0.6 is 0 Å². The Hall–Kier alpha value is -10.3. The van der Waals surface area contributed by atoms with Crippen LogP contribution in [-0.2, 0) is 145 Å². The Balaban J connectivity index is 1.96. The highest BCUT2D eigenvalue weighted by atomic mass is 16.6. The highest BCUT2D eigenvalue weighted by Gasteiger charge is 2.44. The van der Waals surface area contributed by atoms with Crippen LogP contribution in [0.25, 0.3) is 0 Å². The lowest BCUT2D eigenvalue weighted by Crippen LogP contribution is -2.59. The fourth-order valence-electron chi connectivity index (χ4n) is 14.6. The molecular formula is C95H163N15O31. The topological polar surface area (TPSA) is 584 Å². The summed E-state index contributed by atoms with van der Waals surface area (Å²) in [6, 6.07) is 2.55. The molecule has 141 heavy (non-hydrogen) atoms. The maximum absolute atomic E-state index is 14.6. The number of nitrogens with one attached hydrogen (secondary N) is 12. The molecule has 1 aromatic rings. The monoisotopic (exact) mass is 2010 g/mol. The number of alkyl carbamates (subject to hydrolysis) is 1. The molecule has 14 amide bonds. The van der Waals surface area contributed by atoms with Crippen LogP contribution in [-0.4, -0.2) is 402 Å². The molecule has 804 valence electrons. The Morgan fingerprint density at radius 3 is 1.54 bits per heavy atom. The molecule has 0 aromatic heterocycles. The zero-order valence-electron chi connectivity index (χ0n) is 85.8. The molecule has 0 aliphatic carbocycles. The van der Waals surface area contributed by atoms with Gasteiger partial charge in [-0.3, -0.25) is 72.0 Å². The van der Waals surface area contributed by atoms with Gasteiger partial charge in [-0.2, -0.15) is 0 Å². The normalized spacial score (nSPS) is 14.9. The third-order valence-corrected chi connectivity index (χ3v) is 22.3. The van der Waals surface area contributed by atoms with Crippen LogP contribution < -0.4 is 63.8 Å². The highest BCUT2D eigenvalue weighted by molar-refractivity contribution is 5.94. The summed E-state index contributed by atoms with van der Waals surface area (Å²) in [6.45, 7) is 22.9. The van der Waals surface area contributed by atoms with Gasteiger partial charge in [0.15, 0.2) is 5.78 Å². The van der Waals surface area contributed by atoms with Crippen molar-refractivity contribution in [3.63, 3.8) is 0 Å². The van der Waals surface area contributed by atoms with Gasteiger partial charge in [-0.05, 0) is 75.4 Å². The number of ketones is 1. The van der Waals surface area contributed by atoms with Crippen molar-refractivity contribution in [1.29, 1.82) is 0 Å². The average Bonchev–Trinajstić information content (AvgIpc) is 1.37. The number of methoxy groups -OCH3 is 3. The summed E-state index contributed by atoms with van der Waals surface area (Å²) in [5.74, 6) is -13.4. The number of hydrogen-bond acceptors (Lipinski definition) is 31. The number of ether oxygens (including phenoxy) is 13. The molecule has 46 nitrogen and oxygen atoms in total. The van der Waals surface area contributed by atoms with Crippen LogP contribution in [0, 0.1) is 35.0 Å². The molecule has 4 unspecified atom stereocenters. The molecule has 13 N–H and O–H groups in total. The number of Topliss-reactive ketones (excluding diaryl/α,β-unsaturated/α-hetero) is 1. The van der Waals surface area contributed by atoms with Gasteiger partial charge in [0, 0.05) is 99.6 Å². The largest absolute Gasteiger partial charge is 0.480 e. The number of carboxylic acids is 1.